The molecule has 0 spiro atoms. The van der Waals surface area contributed by atoms with Crippen LogP contribution in [-0.4, -0.2) is 16.3 Å². The molecule has 3 rings (SSSR count). The first-order valence-corrected chi connectivity index (χ1v) is 7.50. The Balaban J connectivity index is 2.09. The molecular formula is C18H21N3. The lowest BCUT2D eigenvalue weighted by atomic mass is 9.96. The van der Waals surface area contributed by atoms with E-state index in [0.717, 1.165) is 18.7 Å². The molecule has 1 aromatic heterocycles. The van der Waals surface area contributed by atoms with Gasteiger partial charge in [0.1, 0.15) is 0 Å². The first-order valence-electron chi connectivity index (χ1n) is 7.50. The van der Waals surface area contributed by atoms with E-state index in [1.165, 1.54) is 16.3 Å². The van der Waals surface area contributed by atoms with Crippen LogP contribution >= 0.6 is 0 Å². The highest BCUT2D eigenvalue weighted by molar-refractivity contribution is 5.86. The van der Waals surface area contributed by atoms with Gasteiger partial charge in [-0.15, -0.1) is 0 Å². The standard InChI is InChI=1S/C18H21N3/c1-3-12-19-18(17-11-13-21(2)20-17)16-10-6-8-14-7-4-5-9-15(14)16/h4-11,13,18-19H,3,12H2,1-2H3. The van der Waals surface area contributed by atoms with Crippen LogP contribution in [-0.2, 0) is 7.05 Å². The Bertz CT molecular complexity index is 725. The molecule has 1 atom stereocenters. The maximum Gasteiger partial charge on any atom is 0.0839 e. The Kier molecular flexibility index (Phi) is 4.02. The number of rotatable bonds is 5. The lowest BCUT2D eigenvalue weighted by Gasteiger charge is -2.19. The minimum absolute atomic E-state index is 0.136. The van der Waals surface area contributed by atoms with Gasteiger partial charge in [0.2, 0.25) is 0 Å². The van der Waals surface area contributed by atoms with Crippen molar-refractivity contribution in [3.63, 3.8) is 0 Å². The van der Waals surface area contributed by atoms with Crippen LogP contribution in [0.15, 0.2) is 54.7 Å². The minimum Gasteiger partial charge on any atom is -0.305 e. The van der Waals surface area contributed by atoms with Crippen LogP contribution in [0.5, 0.6) is 0 Å². The molecule has 0 radical (unpaired) electrons. The van der Waals surface area contributed by atoms with Crippen molar-refractivity contribution in [2.75, 3.05) is 6.54 Å². The van der Waals surface area contributed by atoms with E-state index in [2.05, 4.69) is 65.9 Å². The molecule has 21 heavy (non-hydrogen) atoms. The van der Waals surface area contributed by atoms with Crippen LogP contribution in [0.1, 0.15) is 30.6 Å². The van der Waals surface area contributed by atoms with Gasteiger partial charge >= 0.3 is 0 Å². The zero-order valence-corrected chi connectivity index (χ0v) is 12.6. The molecule has 2 aromatic carbocycles. The molecule has 3 nitrogen and oxygen atoms in total. The van der Waals surface area contributed by atoms with Crippen molar-refractivity contribution in [3.05, 3.63) is 66.0 Å². The van der Waals surface area contributed by atoms with Crippen LogP contribution in [0, 0.1) is 0 Å². The highest BCUT2D eigenvalue weighted by atomic mass is 15.3. The van der Waals surface area contributed by atoms with Crippen LogP contribution in [0.25, 0.3) is 10.8 Å². The molecular weight excluding hydrogens is 258 g/mol. The predicted molar refractivity (Wildman–Crippen MR) is 87.3 cm³/mol. The number of nitrogens with one attached hydrogen (secondary N) is 1. The van der Waals surface area contributed by atoms with Gasteiger partial charge in [0, 0.05) is 13.2 Å². The third-order valence-electron chi connectivity index (χ3n) is 3.76. The van der Waals surface area contributed by atoms with E-state index >= 15 is 0 Å². The van der Waals surface area contributed by atoms with Gasteiger partial charge in [-0.2, -0.15) is 5.10 Å². The van der Waals surface area contributed by atoms with Crippen molar-refractivity contribution in [2.45, 2.75) is 19.4 Å². The summed E-state index contributed by atoms with van der Waals surface area (Å²) in [5.41, 5.74) is 2.36. The number of hydrogen-bond acceptors (Lipinski definition) is 2. The molecule has 0 bridgehead atoms. The van der Waals surface area contributed by atoms with Crippen molar-refractivity contribution >= 4 is 10.8 Å². The van der Waals surface area contributed by atoms with E-state index in [4.69, 9.17) is 0 Å². The molecule has 0 aliphatic heterocycles. The Labute approximate surface area is 125 Å². The van der Waals surface area contributed by atoms with Crippen LogP contribution in [0.4, 0.5) is 0 Å². The highest BCUT2D eigenvalue weighted by Crippen LogP contribution is 2.28. The molecule has 0 fully saturated rings. The quantitative estimate of drug-likeness (QED) is 0.772. The largest absolute Gasteiger partial charge is 0.305 e. The summed E-state index contributed by atoms with van der Waals surface area (Å²) in [6, 6.07) is 17.2. The van der Waals surface area contributed by atoms with Gasteiger partial charge in [0.15, 0.2) is 0 Å². The van der Waals surface area contributed by atoms with Gasteiger partial charge < -0.3 is 5.32 Å². The average molecular weight is 279 g/mol. The third kappa shape index (κ3) is 2.83. The normalized spacial score (nSPS) is 12.7. The van der Waals surface area contributed by atoms with Crippen molar-refractivity contribution in [1.29, 1.82) is 0 Å². The van der Waals surface area contributed by atoms with Gasteiger partial charge in [-0.05, 0) is 35.4 Å². The van der Waals surface area contributed by atoms with Gasteiger partial charge in [-0.25, -0.2) is 0 Å². The molecule has 3 heteroatoms. The van der Waals surface area contributed by atoms with E-state index in [0.29, 0.717) is 0 Å². The summed E-state index contributed by atoms with van der Waals surface area (Å²) < 4.78 is 1.86. The number of aromatic nitrogens is 2. The number of hydrogen-bond donors (Lipinski definition) is 1. The molecule has 1 N–H and O–H groups in total. The van der Waals surface area contributed by atoms with Crippen LogP contribution < -0.4 is 5.32 Å². The summed E-state index contributed by atoms with van der Waals surface area (Å²) in [6.45, 7) is 3.16. The number of fused-ring (bicyclic) bond motifs is 1. The van der Waals surface area contributed by atoms with E-state index in [-0.39, 0.29) is 6.04 Å². The molecule has 0 aliphatic carbocycles. The minimum atomic E-state index is 0.136. The lowest BCUT2D eigenvalue weighted by molar-refractivity contribution is 0.578. The predicted octanol–water partition coefficient (Wildman–Crippen LogP) is 3.66. The summed E-state index contributed by atoms with van der Waals surface area (Å²) in [4.78, 5) is 0. The third-order valence-corrected chi connectivity index (χ3v) is 3.76. The van der Waals surface area contributed by atoms with E-state index < -0.39 is 0 Å². The fourth-order valence-corrected chi connectivity index (χ4v) is 2.75. The molecule has 0 saturated carbocycles. The van der Waals surface area contributed by atoms with Crippen molar-refractivity contribution < 1.29 is 0 Å². The van der Waals surface area contributed by atoms with Crippen molar-refractivity contribution in [3.8, 4) is 0 Å². The molecule has 0 saturated heterocycles. The Morgan fingerprint density at radius 3 is 2.67 bits per heavy atom. The lowest BCUT2D eigenvalue weighted by Crippen LogP contribution is -2.24. The Morgan fingerprint density at radius 1 is 1.10 bits per heavy atom. The number of aryl methyl sites for hydroxylation is 1. The van der Waals surface area contributed by atoms with Crippen LogP contribution in [0.2, 0.25) is 0 Å². The summed E-state index contributed by atoms with van der Waals surface area (Å²) in [7, 11) is 1.96. The Morgan fingerprint density at radius 2 is 1.90 bits per heavy atom. The fraction of sp³-hybridized carbons (Fsp3) is 0.278. The monoisotopic (exact) mass is 279 g/mol. The maximum absolute atomic E-state index is 4.60. The summed E-state index contributed by atoms with van der Waals surface area (Å²) >= 11 is 0. The van der Waals surface area contributed by atoms with E-state index in [1.54, 1.807) is 0 Å². The second kappa shape index (κ2) is 6.10. The molecule has 0 amide bonds. The smallest absolute Gasteiger partial charge is 0.0839 e. The van der Waals surface area contributed by atoms with Gasteiger partial charge in [0.25, 0.3) is 0 Å². The number of benzene rings is 2. The van der Waals surface area contributed by atoms with E-state index in [1.807, 2.05) is 17.9 Å². The second-order valence-electron chi connectivity index (χ2n) is 5.37. The summed E-state index contributed by atoms with van der Waals surface area (Å²) in [5, 5.41) is 10.8. The highest BCUT2D eigenvalue weighted by Gasteiger charge is 2.17. The molecule has 1 heterocycles. The first kappa shape index (κ1) is 13.8. The average Bonchev–Trinajstić information content (AvgIpc) is 2.94. The SMILES string of the molecule is CCCNC(c1ccn(C)n1)c1cccc2ccccc12. The zero-order chi connectivity index (χ0) is 14.7. The topological polar surface area (TPSA) is 29.9 Å². The number of nitrogens with zero attached hydrogens (tertiary/aromatic N) is 2. The van der Waals surface area contributed by atoms with Crippen molar-refractivity contribution in [2.24, 2.45) is 7.05 Å². The van der Waals surface area contributed by atoms with Crippen molar-refractivity contribution in [1.82, 2.24) is 15.1 Å². The maximum atomic E-state index is 4.60. The zero-order valence-electron chi connectivity index (χ0n) is 12.6. The van der Waals surface area contributed by atoms with Gasteiger partial charge in [-0.3, -0.25) is 4.68 Å². The molecule has 108 valence electrons. The molecule has 3 aromatic rings. The van der Waals surface area contributed by atoms with Crippen LogP contribution in [0.3, 0.4) is 0 Å². The molecule has 1 unspecified atom stereocenters. The fourth-order valence-electron chi connectivity index (χ4n) is 2.75. The first-order chi connectivity index (χ1) is 10.3. The molecule has 0 aliphatic rings. The Hall–Kier alpha value is -2.13. The summed E-state index contributed by atoms with van der Waals surface area (Å²) in [5.74, 6) is 0. The second-order valence-corrected chi connectivity index (χ2v) is 5.37. The van der Waals surface area contributed by atoms with Gasteiger partial charge in [-0.1, -0.05) is 49.4 Å². The van der Waals surface area contributed by atoms with E-state index in [9.17, 15) is 0 Å². The summed E-state index contributed by atoms with van der Waals surface area (Å²) in [6.07, 6.45) is 3.11. The van der Waals surface area contributed by atoms with Gasteiger partial charge in [0.05, 0.1) is 11.7 Å².